The van der Waals surface area contributed by atoms with Crippen LogP contribution < -0.4 is 15.4 Å². The maximum atomic E-state index is 11.8. The maximum absolute atomic E-state index is 11.8. The monoisotopic (exact) mass is 308 g/mol. The van der Waals surface area contributed by atoms with Gasteiger partial charge in [-0.25, -0.2) is 14.6 Å². The number of hydrogen-bond acceptors (Lipinski definition) is 6. The van der Waals surface area contributed by atoms with Crippen molar-refractivity contribution in [2.75, 3.05) is 17.7 Å². The third-order valence-corrected chi connectivity index (χ3v) is 3.16. The summed E-state index contributed by atoms with van der Waals surface area (Å²) in [6, 6.07) is 3.74. The molecule has 2 amide bonds. The predicted molar refractivity (Wildman–Crippen MR) is 77.2 cm³/mol. The molecule has 0 aliphatic heterocycles. The number of carboxylic acid groups (broad SMARTS) is 1. The van der Waals surface area contributed by atoms with Gasteiger partial charge in [0.2, 0.25) is 5.13 Å². The number of carbonyl (C=O) groups excluding carboxylic acids is 1. The molecular weight excluding hydrogens is 296 g/mol. The minimum absolute atomic E-state index is 0.0169. The number of methoxy groups -OCH3 is 1. The fourth-order valence-electron chi connectivity index (χ4n) is 1.55. The van der Waals surface area contributed by atoms with Gasteiger partial charge in [-0.2, -0.15) is 4.37 Å². The van der Waals surface area contributed by atoms with Crippen molar-refractivity contribution in [2.24, 2.45) is 0 Å². The van der Waals surface area contributed by atoms with Gasteiger partial charge in [-0.15, -0.1) is 0 Å². The van der Waals surface area contributed by atoms with Crippen LogP contribution in [0.5, 0.6) is 5.75 Å². The van der Waals surface area contributed by atoms with Crippen molar-refractivity contribution in [3.05, 3.63) is 29.6 Å². The standard InChI is InChI=1S/C12H12N4O4S/c1-6-13-12(21-16-6)15-11(19)14-7-3-4-8(10(17)18)9(5-7)20-2/h3-5H,1-2H3,(H,17,18)(H2,13,14,15,16,19). The molecule has 0 radical (unpaired) electrons. The van der Waals surface area contributed by atoms with Crippen LogP contribution in [0.2, 0.25) is 0 Å². The molecule has 1 aromatic heterocycles. The third kappa shape index (κ3) is 3.66. The molecule has 2 aromatic rings. The minimum Gasteiger partial charge on any atom is -0.496 e. The zero-order chi connectivity index (χ0) is 15.4. The molecule has 0 unspecified atom stereocenters. The van der Waals surface area contributed by atoms with Gasteiger partial charge in [-0.05, 0) is 19.1 Å². The zero-order valence-corrected chi connectivity index (χ0v) is 12.0. The number of ether oxygens (including phenoxy) is 1. The number of urea groups is 1. The van der Waals surface area contributed by atoms with Crippen LogP contribution in [0.25, 0.3) is 0 Å². The smallest absolute Gasteiger partial charge is 0.339 e. The van der Waals surface area contributed by atoms with Gasteiger partial charge in [0.15, 0.2) is 0 Å². The van der Waals surface area contributed by atoms with Crippen LogP contribution in [-0.4, -0.2) is 33.6 Å². The van der Waals surface area contributed by atoms with Crippen molar-refractivity contribution >= 4 is 34.4 Å². The van der Waals surface area contributed by atoms with Gasteiger partial charge in [-0.3, -0.25) is 5.32 Å². The molecule has 9 heteroatoms. The Hall–Kier alpha value is -2.68. The molecule has 3 N–H and O–H groups in total. The van der Waals surface area contributed by atoms with Crippen LogP contribution in [0.4, 0.5) is 15.6 Å². The summed E-state index contributed by atoms with van der Waals surface area (Å²) >= 11 is 1.07. The third-order valence-electron chi connectivity index (χ3n) is 2.44. The first-order valence-electron chi connectivity index (χ1n) is 5.79. The summed E-state index contributed by atoms with van der Waals surface area (Å²) in [4.78, 5) is 26.7. The van der Waals surface area contributed by atoms with E-state index in [1.54, 1.807) is 6.92 Å². The molecule has 0 saturated carbocycles. The summed E-state index contributed by atoms with van der Waals surface area (Å²) < 4.78 is 8.92. The van der Waals surface area contributed by atoms with Crippen molar-refractivity contribution in [2.45, 2.75) is 6.92 Å². The summed E-state index contributed by atoms with van der Waals surface area (Å²) in [5.41, 5.74) is 0.416. The fourth-order valence-corrected chi connectivity index (χ4v) is 2.12. The molecule has 0 aliphatic rings. The van der Waals surface area contributed by atoms with Crippen molar-refractivity contribution in [1.82, 2.24) is 9.36 Å². The molecule has 0 aliphatic carbocycles. The summed E-state index contributed by atoms with van der Waals surface area (Å²) in [6.45, 7) is 1.72. The molecule has 0 atom stereocenters. The Balaban J connectivity index is 2.08. The maximum Gasteiger partial charge on any atom is 0.339 e. The number of anilines is 2. The van der Waals surface area contributed by atoms with Gasteiger partial charge >= 0.3 is 12.0 Å². The van der Waals surface area contributed by atoms with E-state index in [4.69, 9.17) is 9.84 Å². The predicted octanol–water partition coefficient (Wildman–Crippen LogP) is 2.20. The number of aromatic nitrogens is 2. The van der Waals surface area contributed by atoms with E-state index in [1.165, 1.54) is 25.3 Å². The Morgan fingerprint density at radius 1 is 1.33 bits per heavy atom. The highest BCUT2D eigenvalue weighted by Gasteiger charge is 2.13. The van der Waals surface area contributed by atoms with Gasteiger partial charge < -0.3 is 15.2 Å². The van der Waals surface area contributed by atoms with E-state index in [-0.39, 0.29) is 11.3 Å². The number of nitrogens with one attached hydrogen (secondary N) is 2. The molecule has 2 rings (SSSR count). The van der Waals surface area contributed by atoms with E-state index in [2.05, 4.69) is 20.0 Å². The molecule has 21 heavy (non-hydrogen) atoms. The van der Waals surface area contributed by atoms with Gasteiger partial charge in [0, 0.05) is 23.3 Å². The first-order chi connectivity index (χ1) is 9.99. The highest BCUT2D eigenvalue weighted by Crippen LogP contribution is 2.23. The lowest BCUT2D eigenvalue weighted by molar-refractivity contribution is 0.0693. The number of nitrogens with zero attached hydrogens (tertiary/aromatic N) is 2. The Labute approximate surface area is 123 Å². The van der Waals surface area contributed by atoms with Gasteiger partial charge in [0.25, 0.3) is 0 Å². The summed E-state index contributed by atoms with van der Waals surface area (Å²) in [5, 5.41) is 14.4. The lowest BCUT2D eigenvalue weighted by Crippen LogP contribution is -2.19. The normalized spacial score (nSPS) is 10.0. The van der Waals surface area contributed by atoms with E-state index in [0.717, 1.165) is 11.5 Å². The van der Waals surface area contributed by atoms with Crippen LogP contribution >= 0.6 is 11.5 Å². The largest absolute Gasteiger partial charge is 0.496 e. The highest BCUT2D eigenvalue weighted by atomic mass is 32.1. The zero-order valence-electron chi connectivity index (χ0n) is 11.2. The minimum atomic E-state index is -1.10. The molecule has 0 spiro atoms. The van der Waals surface area contributed by atoms with Crippen molar-refractivity contribution in [1.29, 1.82) is 0 Å². The molecule has 1 heterocycles. The number of rotatable bonds is 4. The molecular formula is C12H12N4O4S. The van der Waals surface area contributed by atoms with Gasteiger partial charge in [-0.1, -0.05) is 0 Å². The van der Waals surface area contributed by atoms with Crippen LogP contribution in [0.3, 0.4) is 0 Å². The topological polar surface area (TPSA) is 113 Å². The summed E-state index contributed by atoms with van der Waals surface area (Å²) in [7, 11) is 1.36. The molecule has 0 fully saturated rings. The molecule has 110 valence electrons. The van der Waals surface area contributed by atoms with Crippen LogP contribution in [0, 0.1) is 6.92 Å². The molecule has 0 saturated heterocycles. The van der Waals surface area contributed by atoms with Crippen LogP contribution in [-0.2, 0) is 0 Å². The number of aryl methyl sites for hydroxylation is 1. The second-order valence-corrected chi connectivity index (χ2v) is 4.70. The second-order valence-electron chi connectivity index (χ2n) is 3.95. The summed E-state index contributed by atoms with van der Waals surface area (Å²) in [5.74, 6) is -0.373. The SMILES string of the molecule is COc1cc(NC(=O)Nc2nc(C)ns2)ccc1C(=O)O. The van der Waals surface area contributed by atoms with Gasteiger partial charge in [0.1, 0.15) is 17.1 Å². The number of hydrogen-bond donors (Lipinski definition) is 3. The van der Waals surface area contributed by atoms with Crippen molar-refractivity contribution < 1.29 is 19.4 Å². The average Bonchev–Trinajstić information content (AvgIpc) is 2.83. The number of benzene rings is 1. The quantitative estimate of drug-likeness (QED) is 0.798. The lowest BCUT2D eigenvalue weighted by Gasteiger charge is -2.09. The Bertz CT molecular complexity index is 686. The number of amides is 2. The lowest BCUT2D eigenvalue weighted by atomic mass is 10.2. The molecule has 1 aromatic carbocycles. The number of aromatic carboxylic acids is 1. The second kappa shape index (κ2) is 6.18. The highest BCUT2D eigenvalue weighted by molar-refractivity contribution is 7.09. The van der Waals surface area contributed by atoms with Crippen LogP contribution in [0.1, 0.15) is 16.2 Å². The Morgan fingerprint density at radius 3 is 2.67 bits per heavy atom. The Kier molecular flexibility index (Phi) is 4.33. The first kappa shape index (κ1) is 14.7. The van der Waals surface area contributed by atoms with E-state index in [1.807, 2.05) is 0 Å². The summed E-state index contributed by atoms with van der Waals surface area (Å²) in [6.07, 6.45) is 0. The molecule has 0 bridgehead atoms. The average molecular weight is 308 g/mol. The van der Waals surface area contributed by atoms with E-state index >= 15 is 0 Å². The van der Waals surface area contributed by atoms with Gasteiger partial charge in [0.05, 0.1) is 7.11 Å². The van der Waals surface area contributed by atoms with Crippen molar-refractivity contribution in [3.8, 4) is 5.75 Å². The Morgan fingerprint density at radius 2 is 2.10 bits per heavy atom. The molecule has 8 nitrogen and oxygen atoms in total. The van der Waals surface area contributed by atoms with E-state index in [0.29, 0.717) is 16.6 Å². The van der Waals surface area contributed by atoms with E-state index < -0.39 is 12.0 Å². The van der Waals surface area contributed by atoms with Crippen molar-refractivity contribution in [3.63, 3.8) is 0 Å². The first-order valence-corrected chi connectivity index (χ1v) is 6.56. The number of carbonyl (C=O) groups is 2. The van der Waals surface area contributed by atoms with E-state index in [9.17, 15) is 9.59 Å². The number of carboxylic acids is 1. The fraction of sp³-hybridized carbons (Fsp3) is 0.167. The van der Waals surface area contributed by atoms with Crippen LogP contribution in [0.15, 0.2) is 18.2 Å².